The molecule has 3 heteroatoms. The number of hydrogen-bond donors (Lipinski definition) is 0. The molecule has 0 saturated heterocycles. The van der Waals surface area contributed by atoms with Crippen molar-refractivity contribution in [1.82, 2.24) is 14.5 Å². The summed E-state index contributed by atoms with van der Waals surface area (Å²) in [4.78, 5) is 7.28. The lowest BCUT2D eigenvalue weighted by Crippen LogP contribution is -2.40. The first kappa shape index (κ1) is 18.9. The Bertz CT molecular complexity index is 993. The summed E-state index contributed by atoms with van der Waals surface area (Å²) in [6.07, 6.45) is 11.3. The molecule has 0 spiro atoms. The first-order valence-corrected chi connectivity index (χ1v) is 11.5. The van der Waals surface area contributed by atoms with Gasteiger partial charge in [-0.15, -0.1) is 0 Å². The third-order valence-electron chi connectivity index (χ3n) is 7.13. The Morgan fingerprint density at radius 3 is 2.69 bits per heavy atom. The van der Waals surface area contributed by atoms with Crippen LogP contribution in [0.25, 0.3) is 10.9 Å². The van der Waals surface area contributed by atoms with Gasteiger partial charge in [0.1, 0.15) is 0 Å². The van der Waals surface area contributed by atoms with Crippen LogP contribution in [0.15, 0.2) is 36.5 Å². The molecule has 2 aliphatic rings. The molecule has 0 radical (unpaired) electrons. The van der Waals surface area contributed by atoms with Crippen LogP contribution in [0.4, 0.5) is 0 Å². The van der Waals surface area contributed by atoms with Crippen molar-refractivity contribution < 1.29 is 0 Å². The van der Waals surface area contributed by atoms with E-state index in [-0.39, 0.29) is 0 Å². The molecule has 152 valence electrons. The van der Waals surface area contributed by atoms with Gasteiger partial charge >= 0.3 is 0 Å². The van der Waals surface area contributed by atoms with Crippen LogP contribution in [0.3, 0.4) is 0 Å². The number of nitrogens with zero attached hydrogens (tertiary/aromatic N) is 3. The van der Waals surface area contributed by atoms with Crippen LogP contribution in [0.5, 0.6) is 0 Å². The van der Waals surface area contributed by atoms with Crippen molar-refractivity contribution in [2.24, 2.45) is 0 Å². The Morgan fingerprint density at radius 1 is 1.03 bits per heavy atom. The number of rotatable bonds is 4. The number of fused-ring (bicyclic) bond motifs is 3. The molecule has 1 saturated carbocycles. The maximum absolute atomic E-state index is 4.49. The normalized spacial score (nSPS) is 18.3. The first-order valence-electron chi connectivity index (χ1n) is 11.5. The summed E-state index contributed by atoms with van der Waals surface area (Å²) in [6, 6.07) is 12.2. The van der Waals surface area contributed by atoms with E-state index in [0.717, 1.165) is 31.2 Å². The van der Waals surface area contributed by atoms with Crippen molar-refractivity contribution in [3.8, 4) is 0 Å². The molecular formula is C26H33N3. The van der Waals surface area contributed by atoms with E-state index in [1.165, 1.54) is 67.1 Å². The minimum absolute atomic E-state index is 0.804. The highest BCUT2D eigenvalue weighted by Gasteiger charge is 2.28. The van der Waals surface area contributed by atoms with Crippen LogP contribution in [0.1, 0.15) is 60.2 Å². The maximum Gasteiger partial charge on any atom is 0.0486 e. The molecule has 0 unspecified atom stereocenters. The van der Waals surface area contributed by atoms with Crippen molar-refractivity contribution in [1.29, 1.82) is 0 Å². The summed E-state index contributed by atoms with van der Waals surface area (Å²) in [5.41, 5.74) is 8.40. The molecule has 1 fully saturated rings. The fraction of sp³-hybridized carbons (Fsp3) is 0.500. The largest absolute Gasteiger partial charge is 0.344 e. The summed E-state index contributed by atoms with van der Waals surface area (Å²) >= 11 is 0. The van der Waals surface area contributed by atoms with Gasteiger partial charge in [-0.3, -0.25) is 9.88 Å². The van der Waals surface area contributed by atoms with E-state index in [4.69, 9.17) is 0 Å². The average Bonchev–Trinajstić information content (AvgIpc) is 3.06. The van der Waals surface area contributed by atoms with E-state index >= 15 is 0 Å². The number of pyridine rings is 1. The van der Waals surface area contributed by atoms with E-state index < -0.39 is 0 Å². The van der Waals surface area contributed by atoms with Crippen molar-refractivity contribution in [2.45, 2.75) is 77.9 Å². The Kier molecular flexibility index (Phi) is 5.17. The van der Waals surface area contributed by atoms with E-state index in [2.05, 4.69) is 58.6 Å². The zero-order chi connectivity index (χ0) is 19.8. The number of aryl methyl sites for hydroxylation is 4. The Morgan fingerprint density at radius 2 is 1.90 bits per heavy atom. The zero-order valence-electron chi connectivity index (χ0n) is 18.0. The van der Waals surface area contributed by atoms with Gasteiger partial charge in [0.2, 0.25) is 0 Å². The van der Waals surface area contributed by atoms with Crippen molar-refractivity contribution in [3.63, 3.8) is 0 Å². The highest BCUT2D eigenvalue weighted by atomic mass is 15.2. The minimum atomic E-state index is 0.804. The van der Waals surface area contributed by atoms with Gasteiger partial charge in [-0.25, -0.2) is 0 Å². The number of benzene rings is 1. The Hall–Kier alpha value is -2.13. The lowest BCUT2D eigenvalue weighted by atomic mass is 9.92. The van der Waals surface area contributed by atoms with Crippen LogP contribution in [0, 0.1) is 13.8 Å². The molecule has 2 aromatic heterocycles. The van der Waals surface area contributed by atoms with Gasteiger partial charge in [0.05, 0.1) is 0 Å². The smallest absolute Gasteiger partial charge is 0.0486 e. The Balaban J connectivity index is 1.46. The maximum atomic E-state index is 4.49. The molecule has 0 atom stereocenters. The average molecular weight is 388 g/mol. The predicted octanol–water partition coefficient (Wildman–Crippen LogP) is 5.59. The molecule has 0 N–H and O–H groups in total. The van der Waals surface area contributed by atoms with Crippen molar-refractivity contribution in [2.75, 3.05) is 6.54 Å². The fourth-order valence-corrected chi connectivity index (χ4v) is 5.49. The summed E-state index contributed by atoms with van der Waals surface area (Å²) in [7, 11) is 0. The number of hydrogen-bond acceptors (Lipinski definition) is 2. The van der Waals surface area contributed by atoms with E-state index in [1.54, 1.807) is 11.3 Å². The molecule has 3 aromatic rings. The molecule has 1 aliphatic carbocycles. The van der Waals surface area contributed by atoms with E-state index in [1.807, 2.05) is 6.20 Å². The van der Waals surface area contributed by atoms with Crippen LogP contribution < -0.4 is 0 Å². The monoisotopic (exact) mass is 387 g/mol. The second-order valence-corrected chi connectivity index (χ2v) is 9.17. The number of aromatic nitrogens is 2. The third kappa shape index (κ3) is 3.73. The Labute approximate surface area is 174 Å². The molecule has 1 aliphatic heterocycles. The van der Waals surface area contributed by atoms with Crippen molar-refractivity contribution in [3.05, 3.63) is 64.6 Å². The lowest BCUT2D eigenvalue weighted by molar-refractivity contribution is 0.140. The van der Waals surface area contributed by atoms with Crippen molar-refractivity contribution >= 4 is 10.9 Å². The molecule has 0 bridgehead atoms. The predicted molar refractivity (Wildman–Crippen MR) is 120 cm³/mol. The van der Waals surface area contributed by atoms with Gasteiger partial charge in [-0.2, -0.15) is 0 Å². The second-order valence-electron chi connectivity index (χ2n) is 9.17. The highest BCUT2D eigenvalue weighted by Crippen LogP contribution is 2.34. The van der Waals surface area contributed by atoms with E-state index in [9.17, 15) is 0 Å². The van der Waals surface area contributed by atoms with Gasteiger partial charge in [-0.05, 0) is 62.4 Å². The molecule has 3 nitrogen and oxygen atoms in total. The van der Waals surface area contributed by atoms with Gasteiger partial charge in [0, 0.05) is 60.6 Å². The first-order chi connectivity index (χ1) is 14.2. The van der Waals surface area contributed by atoms with Crippen LogP contribution in [-0.2, 0) is 25.9 Å². The fourth-order valence-electron chi connectivity index (χ4n) is 5.49. The van der Waals surface area contributed by atoms with Gasteiger partial charge in [0.25, 0.3) is 0 Å². The molecule has 1 aromatic carbocycles. The quantitative estimate of drug-likeness (QED) is 0.582. The van der Waals surface area contributed by atoms with Crippen LogP contribution in [-0.4, -0.2) is 27.0 Å². The highest BCUT2D eigenvalue weighted by molar-refractivity contribution is 5.86. The van der Waals surface area contributed by atoms with Gasteiger partial charge in [0.15, 0.2) is 0 Å². The zero-order valence-corrected chi connectivity index (χ0v) is 18.0. The molecular weight excluding hydrogens is 354 g/mol. The van der Waals surface area contributed by atoms with E-state index in [0.29, 0.717) is 0 Å². The van der Waals surface area contributed by atoms with Gasteiger partial charge < -0.3 is 4.57 Å². The summed E-state index contributed by atoms with van der Waals surface area (Å²) in [6.45, 7) is 7.68. The standard InChI is InChI=1S/C26H33N3/c1-19-8-11-25-23(16-19)24-18-28(22-6-4-3-5-7-22)14-13-26(24)29(25)15-12-21-10-9-20(2)27-17-21/h8-11,16-17,22H,3-7,12-15,18H2,1-2H3. The topological polar surface area (TPSA) is 21.1 Å². The van der Waals surface area contributed by atoms with Gasteiger partial charge in [-0.1, -0.05) is 37.0 Å². The summed E-state index contributed by atoms with van der Waals surface area (Å²) < 4.78 is 2.61. The SMILES string of the molecule is Cc1ccc2c(c1)c1c(n2CCc2ccc(C)nc2)CCN(C2CCCCC2)C1. The third-order valence-corrected chi connectivity index (χ3v) is 7.13. The van der Waals surface area contributed by atoms with Crippen LogP contribution in [0.2, 0.25) is 0 Å². The minimum Gasteiger partial charge on any atom is -0.344 e. The molecule has 29 heavy (non-hydrogen) atoms. The second kappa shape index (κ2) is 7.95. The molecule has 3 heterocycles. The summed E-state index contributed by atoms with van der Waals surface area (Å²) in [5.74, 6) is 0. The molecule has 0 amide bonds. The molecule has 5 rings (SSSR count). The lowest BCUT2D eigenvalue weighted by Gasteiger charge is -2.37. The van der Waals surface area contributed by atoms with Crippen LogP contribution >= 0.6 is 0 Å². The summed E-state index contributed by atoms with van der Waals surface area (Å²) in [5, 5.41) is 1.49.